The molecule has 2 amide bonds. The van der Waals surface area contributed by atoms with E-state index in [-0.39, 0.29) is 11.8 Å². The maximum atomic E-state index is 12.6. The second-order valence-corrected chi connectivity index (χ2v) is 8.07. The number of hydrogen-bond acceptors (Lipinski definition) is 4. The van der Waals surface area contributed by atoms with Crippen molar-refractivity contribution in [3.05, 3.63) is 29.8 Å². The lowest BCUT2D eigenvalue weighted by atomic mass is 9.96. The average molecular weight is 360 g/mol. The molecule has 2 atom stereocenters. The first-order chi connectivity index (χ1) is 12.3. The van der Waals surface area contributed by atoms with E-state index in [0.29, 0.717) is 26.1 Å². The van der Waals surface area contributed by atoms with Crippen molar-refractivity contribution < 1.29 is 19.1 Å². The number of likely N-dealkylation sites (tertiary alicyclic amines) is 1. The van der Waals surface area contributed by atoms with Gasteiger partial charge in [0.25, 0.3) is 0 Å². The van der Waals surface area contributed by atoms with Crippen molar-refractivity contribution >= 4 is 12.0 Å². The molecule has 1 aromatic rings. The summed E-state index contributed by atoms with van der Waals surface area (Å²) in [5.41, 5.74) is 0.613. The summed E-state index contributed by atoms with van der Waals surface area (Å²) >= 11 is 0. The molecule has 0 saturated carbocycles. The molecule has 0 bridgehead atoms. The van der Waals surface area contributed by atoms with Gasteiger partial charge < -0.3 is 14.8 Å². The molecule has 3 rings (SSSR count). The van der Waals surface area contributed by atoms with Crippen molar-refractivity contribution in [1.29, 1.82) is 0 Å². The minimum Gasteiger partial charge on any atom is -0.493 e. The van der Waals surface area contributed by atoms with Gasteiger partial charge in [-0.3, -0.25) is 9.69 Å². The van der Waals surface area contributed by atoms with Gasteiger partial charge in [0, 0.05) is 19.0 Å². The SMILES string of the molecule is CC(C)(C)OC(=O)N1CCC[C@H]1C(=O)NC[C@H]1COc2ccccc2C1. The van der Waals surface area contributed by atoms with Crippen LogP contribution < -0.4 is 10.1 Å². The normalized spacial score (nSPS) is 22.3. The summed E-state index contributed by atoms with van der Waals surface area (Å²) in [7, 11) is 0. The van der Waals surface area contributed by atoms with Crippen LogP contribution in [0.3, 0.4) is 0 Å². The van der Waals surface area contributed by atoms with E-state index in [1.54, 1.807) is 4.90 Å². The third kappa shape index (κ3) is 4.48. The lowest BCUT2D eigenvalue weighted by Gasteiger charge is -2.29. The maximum Gasteiger partial charge on any atom is 0.410 e. The highest BCUT2D eigenvalue weighted by Crippen LogP contribution is 2.26. The molecule has 0 radical (unpaired) electrons. The average Bonchev–Trinajstić information content (AvgIpc) is 3.08. The van der Waals surface area contributed by atoms with Crippen LogP contribution in [-0.4, -0.2) is 48.2 Å². The Hall–Kier alpha value is -2.24. The largest absolute Gasteiger partial charge is 0.493 e. The Labute approximate surface area is 154 Å². The van der Waals surface area contributed by atoms with Crippen LogP contribution in [-0.2, 0) is 16.0 Å². The van der Waals surface area contributed by atoms with E-state index in [2.05, 4.69) is 11.4 Å². The Kier molecular flexibility index (Phi) is 5.39. The molecule has 6 heteroatoms. The molecule has 6 nitrogen and oxygen atoms in total. The van der Waals surface area contributed by atoms with Crippen molar-refractivity contribution in [1.82, 2.24) is 10.2 Å². The second kappa shape index (κ2) is 7.56. The zero-order valence-corrected chi connectivity index (χ0v) is 15.8. The molecular formula is C20H28N2O4. The Balaban J connectivity index is 1.52. The number of benzene rings is 1. The summed E-state index contributed by atoms with van der Waals surface area (Å²) < 4.78 is 11.2. The Bertz CT molecular complexity index is 668. The van der Waals surface area contributed by atoms with Gasteiger partial charge in [-0.15, -0.1) is 0 Å². The Morgan fingerprint density at radius 1 is 1.31 bits per heavy atom. The van der Waals surface area contributed by atoms with E-state index in [9.17, 15) is 9.59 Å². The standard InChI is InChI=1S/C20H28N2O4/c1-20(2,3)26-19(24)22-10-6-8-16(22)18(23)21-12-14-11-15-7-4-5-9-17(15)25-13-14/h4-5,7,9,14,16H,6,8,10-13H2,1-3H3,(H,21,23)/t14-,16-/m0/s1. The number of hydrogen-bond donors (Lipinski definition) is 1. The number of amides is 2. The van der Waals surface area contributed by atoms with Gasteiger partial charge >= 0.3 is 6.09 Å². The molecule has 2 aliphatic heterocycles. The number of carbonyl (C=O) groups is 2. The molecule has 1 fully saturated rings. The molecule has 0 spiro atoms. The van der Waals surface area contributed by atoms with E-state index >= 15 is 0 Å². The predicted molar refractivity (Wildman–Crippen MR) is 98.1 cm³/mol. The maximum absolute atomic E-state index is 12.6. The minimum atomic E-state index is -0.562. The summed E-state index contributed by atoms with van der Waals surface area (Å²) in [6.07, 6.45) is 1.97. The van der Waals surface area contributed by atoms with Crippen LogP contribution in [0.1, 0.15) is 39.2 Å². The van der Waals surface area contributed by atoms with E-state index < -0.39 is 17.7 Å². The van der Waals surface area contributed by atoms with E-state index in [1.807, 2.05) is 39.0 Å². The van der Waals surface area contributed by atoms with Crippen molar-refractivity contribution in [2.45, 2.75) is 51.7 Å². The van der Waals surface area contributed by atoms with Gasteiger partial charge in [0.2, 0.25) is 5.91 Å². The summed E-state index contributed by atoms with van der Waals surface area (Å²) in [5, 5.41) is 3.00. The van der Waals surface area contributed by atoms with Gasteiger partial charge in [-0.25, -0.2) is 4.79 Å². The smallest absolute Gasteiger partial charge is 0.410 e. The van der Waals surface area contributed by atoms with E-state index in [1.165, 1.54) is 5.56 Å². The number of ether oxygens (including phenoxy) is 2. The molecule has 26 heavy (non-hydrogen) atoms. The lowest BCUT2D eigenvalue weighted by molar-refractivity contribution is -0.125. The summed E-state index contributed by atoms with van der Waals surface area (Å²) in [5.74, 6) is 1.07. The van der Waals surface area contributed by atoms with Crippen molar-refractivity contribution in [3.8, 4) is 5.75 Å². The quantitative estimate of drug-likeness (QED) is 0.900. The number of rotatable bonds is 3. The zero-order valence-electron chi connectivity index (χ0n) is 15.8. The minimum absolute atomic E-state index is 0.104. The summed E-state index contributed by atoms with van der Waals surface area (Å²) in [6, 6.07) is 7.56. The molecule has 1 saturated heterocycles. The fourth-order valence-electron chi connectivity index (χ4n) is 3.46. The number of fused-ring (bicyclic) bond motifs is 1. The van der Waals surface area contributed by atoms with Crippen molar-refractivity contribution in [2.24, 2.45) is 5.92 Å². The highest BCUT2D eigenvalue weighted by atomic mass is 16.6. The molecule has 0 aromatic heterocycles. The molecule has 1 aromatic carbocycles. The van der Waals surface area contributed by atoms with E-state index in [0.717, 1.165) is 18.6 Å². The molecule has 1 N–H and O–H groups in total. The second-order valence-electron chi connectivity index (χ2n) is 8.07. The monoisotopic (exact) mass is 360 g/mol. The highest BCUT2D eigenvalue weighted by molar-refractivity contribution is 5.86. The van der Waals surface area contributed by atoms with Gasteiger partial charge in [-0.05, 0) is 51.7 Å². The Morgan fingerprint density at radius 3 is 2.85 bits per heavy atom. The first kappa shape index (κ1) is 18.5. The third-order valence-electron chi connectivity index (χ3n) is 4.70. The number of nitrogens with one attached hydrogen (secondary N) is 1. The molecule has 2 heterocycles. The molecule has 0 aliphatic carbocycles. The van der Waals surface area contributed by atoms with Crippen LogP contribution in [0, 0.1) is 5.92 Å². The fourth-order valence-corrected chi connectivity index (χ4v) is 3.46. The first-order valence-electron chi connectivity index (χ1n) is 9.31. The van der Waals surface area contributed by atoms with Gasteiger partial charge in [-0.2, -0.15) is 0 Å². The number of carbonyl (C=O) groups excluding carboxylic acids is 2. The lowest BCUT2D eigenvalue weighted by Crippen LogP contribution is -2.48. The number of nitrogens with zero attached hydrogens (tertiary/aromatic N) is 1. The zero-order chi connectivity index (χ0) is 18.7. The molecule has 0 unspecified atom stereocenters. The first-order valence-corrected chi connectivity index (χ1v) is 9.31. The van der Waals surface area contributed by atoms with E-state index in [4.69, 9.17) is 9.47 Å². The van der Waals surface area contributed by atoms with Crippen LogP contribution in [0.5, 0.6) is 5.75 Å². The van der Waals surface area contributed by atoms with Crippen LogP contribution in [0.15, 0.2) is 24.3 Å². The van der Waals surface area contributed by atoms with Gasteiger partial charge in [0.1, 0.15) is 17.4 Å². The van der Waals surface area contributed by atoms with Gasteiger partial charge in [0.15, 0.2) is 0 Å². The van der Waals surface area contributed by atoms with Gasteiger partial charge in [0.05, 0.1) is 6.61 Å². The summed E-state index contributed by atoms with van der Waals surface area (Å²) in [6.45, 7) is 7.20. The van der Waals surface area contributed by atoms with Crippen LogP contribution in [0.4, 0.5) is 4.79 Å². The molecule has 142 valence electrons. The predicted octanol–water partition coefficient (Wildman–Crippen LogP) is 2.75. The third-order valence-corrected chi connectivity index (χ3v) is 4.70. The van der Waals surface area contributed by atoms with Gasteiger partial charge in [-0.1, -0.05) is 18.2 Å². The fraction of sp³-hybridized carbons (Fsp3) is 0.600. The summed E-state index contributed by atoms with van der Waals surface area (Å²) in [4.78, 5) is 26.5. The molecule has 2 aliphatic rings. The van der Waals surface area contributed by atoms with Crippen molar-refractivity contribution in [2.75, 3.05) is 19.7 Å². The van der Waals surface area contributed by atoms with Crippen LogP contribution >= 0.6 is 0 Å². The highest BCUT2D eigenvalue weighted by Gasteiger charge is 2.36. The van der Waals surface area contributed by atoms with Crippen LogP contribution in [0.25, 0.3) is 0 Å². The topological polar surface area (TPSA) is 67.9 Å². The Morgan fingerprint density at radius 2 is 2.08 bits per heavy atom. The van der Waals surface area contributed by atoms with Crippen LogP contribution in [0.2, 0.25) is 0 Å². The van der Waals surface area contributed by atoms with Crippen molar-refractivity contribution in [3.63, 3.8) is 0 Å². The molecular weight excluding hydrogens is 332 g/mol. The number of para-hydroxylation sites is 1.